The van der Waals surface area contributed by atoms with E-state index in [1.165, 1.54) is 12.1 Å². The molecule has 2 aliphatic rings. The van der Waals surface area contributed by atoms with Gasteiger partial charge in [-0.15, -0.1) is 0 Å². The molecule has 29 heavy (non-hydrogen) atoms. The second-order valence-electron chi connectivity index (χ2n) is 8.43. The molecule has 1 aromatic carbocycles. The van der Waals surface area contributed by atoms with E-state index in [1.54, 1.807) is 53.7 Å². The molecule has 0 spiro atoms. The maximum absolute atomic E-state index is 12.9. The number of carbonyl (C=O) groups excluding carboxylic acids is 4. The van der Waals surface area contributed by atoms with E-state index in [9.17, 15) is 19.2 Å². The smallest absolute Gasteiger partial charge is 0.413 e. The van der Waals surface area contributed by atoms with Gasteiger partial charge in [-0.1, -0.05) is 17.2 Å². The number of carbonyl (C=O) groups is 4. The van der Waals surface area contributed by atoms with Gasteiger partial charge >= 0.3 is 12.1 Å². The lowest BCUT2D eigenvalue weighted by Crippen LogP contribution is -2.54. The predicted octanol–water partition coefficient (Wildman–Crippen LogP) is 2.50. The van der Waals surface area contributed by atoms with Crippen molar-refractivity contribution in [2.24, 2.45) is 0 Å². The van der Waals surface area contributed by atoms with Crippen molar-refractivity contribution in [2.75, 3.05) is 0 Å². The van der Waals surface area contributed by atoms with Crippen LogP contribution in [0, 0.1) is 0 Å². The predicted molar refractivity (Wildman–Crippen MR) is 99.5 cm³/mol. The number of benzene rings is 1. The van der Waals surface area contributed by atoms with E-state index in [4.69, 9.17) is 14.3 Å². The molecule has 9 heteroatoms. The molecule has 1 saturated heterocycles. The Morgan fingerprint density at radius 3 is 2.07 bits per heavy atom. The number of fused-ring (bicyclic) bond motifs is 1. The molecular formula is C20H24N2O7. The fourth-order valence-corrected chi connectivity index (χ4v) is 3.46. The Balaban J connectivity index is 1.84. The molecule has 0 aliphatic carbocycles. The van der Waals surface area contributed by atoms with Gasteiger partial charge in [-0.25, -0.2) is 9.59 Å². The third-order valence-corrected chi connectivity index (χ3v) is 4.55. The molecule has 2 aliphatic heterocycles. The average Bonchev–Trinajstić information content (AvgIpc) is 2.97. The van der Waals surface area contributed by atoms with Gasteiger partial charge in [0.25, 0.3) is 11.8 Å². The fourth-order valence-electron chi connectivity index (χ4n) is 3.46. The molecule has 0 saturated carbocycles. The summed E-state index contributed by atoms with van der Waals surface area (Å²) in [7, 11) is 0. The second kappa shape index (κ2) is 6.84. The summed E-state index contributed by atoms with van der Waals surface area (Å²) in [6, 6.07) is 4.95. The molecule has 0 aromatic heterocycles. The highest BCUT2D eigenvalue weighted by Crippen LogP contribution is 2.35. The van der Waals surface area contributed by atoms with Gasteiger partial charge in [0.2, 0.25) is 0 Å². The first-order valence-electron chi connectivity index (χ1n) is 9.23. The van der Waals surface area contributed by atoms with Crippen LogP contribution in [-0.2, 0) is 19.1 Å². The first-order chi connectivity index (χ1) is 13.3. The highest BCUT2D eigenvalue weighted by Gasteiger charge is 2.55. The van der Waals surface area contributed by atoms with Crippen LogP contribution in [0.2, 0.25) is 0 Å². The van der Waals surface area contributed by atoms with Gasteiger partial charge in [-0.05, 0) is 53.7 Å². The summed E-state index contributed by atoms with van der Waals surface area (Å²) in [4.78, 5) is 56.9. The third kappa shape index (κ3) is 3.69. The van der Waals surface area contributed by atoms with Crippen LogP contribution in [0.5, 0.6) is 0 Å². The molecule has 3 amide bonds. The number of nitrogens with zero attached hydrogens (tertiary/aromatic N) is 2. The molecule has 0 N–H and O–H groups in total. The van der Waals surface area contributed by atoms with Crippen LogP contribution in [0.3, 0.4) is 0 Å². The van der Waals surface area contributed by atoms with E-state index in [0.29, 0.717) is 5.06 Å². The summed E-state index contributed by atoms with van der Waals surface area (Å²) in [5.74, 6) is -2.45. The minimum absolute atomic E-state index is 0.144. The van der Waals surface area contributed by atoms with Crippen molar-refractivity contribution in [1.29, 1.82) is 0 Å². The monoisotopic (exact) mass is 404 g/mol. The van der Waals surface area contributed by atoms with Crippen molar-refractivity contribution in [3.05, 3.63) is 35.4 Å². The van der Waals surface area contributed by atoms with Crippen LogP contribution in [0.4, 0.5) is 4.79 Å². The van der Waals surface area contributed by atoms with E-state index in [-0.39, 0.29) is 11.1 Å². The van der Waals surface area contributed by atoms with E-state index >= 15 is 0 Å². The van der Waals surface area contributed by atoms with Gasteiger partial charge in [0.05, 0.1) is 17.2 Å². The molecule has 156 valence electrons. The van der Waals surface area contributed by atoms with Crippen LogP contribution in [-0.4, -0.2) is 57.3 Å². The van der Waals surface area contributed by atoms with Crippen molar-refractivity contribution >= 4 is 23.9 Å². The zero-order valence-electron chi connectivity index (χ0n) is 17.2. The number of amides is 3. The Kier molecular flexibility index (Phi) is 4.90. The van der Waals surface area contributed by atoms with Crippen molar-refractivity contribution in [3.8, 4) is 0 Å². The standard InChI is InChI=1S/C20H24N2O7/c1-11-14(21(20(5,6)27-11)18(26)28-19(2,3)4)17(25)29-22-15(23)12-9-7-8-10-13(12)16(22)24/h7-11,14H,1-6H3. The van der Waals surface area contributed by atoms with Crippen molar-refractivity contribution in [2.45, 2.75) is 65.0 Å². The number of rotatable bonds is 2. The van der Waals surface area contributed by atoms with Gasteiger partial charge in [0, 0.05) is 0 Å². The molecule has 9 nitrogen and oxygen atoms in total. The Morgan fingerprint density at radius 2 is 1.59 bits per heavy atom. The van der Waals surface area contributed by atoms with Crippen molar-refractivity contribution < 1.29 is 33.5 Å². The number of ether oxygens (including phenoxy) is 2. The zero-order chi connectivity index (χ0) is 21.7. The van der Waals surface area contributed by atoms with Crippen LogP contribution in [0.25, 0.3) is 0 Å². The number of imide groups is 1. The van der Waals surface area contributed by atoms with Crippen LogP contribution in [0.1, 0.15) is 62.3 Å². The van der Waals surface area contributed by atoms with Crippen LogP contribution in [0.15, 0.2) is 24.3 Å². The first kappa shape index (κ1) is 20.8. The fraction of sp³-hybridized carbons (Fsp3) is 0.500. The second-order valence-corrected chi connectivity index (χ2v) is 8.43. The Hall–Kier alpha value is -2.94. The van der Waals surface area contributed by atoms with Crippen LogP contribution < -0.4 is 0 Å². The summed E-state index contributed by atoms with van der Waals surface area (Å²) in [6.07, 6.45) is -1.52. The maximum Gasteiger partial charge on any atom is 0.413 e. The molecule has 2 unspecified atom stereocenters. The lowest BCUT2D eigenvalue weighted by atomic mass is 10.1. The SMILES string of the molecule is CC1OC(C)(C)N(C(=O)OC(C)(C)C)C1C(=O)ON1C(=O)c2ccccc2C1=O. The third-order valence-electron chi connectivity index (χ3n) is 4.55. The summed E-state index contributed by atoms with van der Waals surface area (Å²) in [6.45, 7) is 9.92. The number of hydrogen-bond acceptors (Lipinski definition) is 7. The Bertz CT molecular complexity index is 852. The topological polar surface area (TPSA) is 102 Å². The van der Waals surface area contributed by atoms with E-state index in [0.717, 1.165) is 4.90 Å². The summed E-state index contributed by atoms with van der Waals surface area (Å²) < 4.78 is 11.1. The number of hydrogen-bond donors (Lipinski definition) is 0. The van der Waals surface area contributed by atoms with E-state index in [1.807, 2.05) is 0 Å². The minimum atomic E-state index is -1.20. The summed E-state index contributed by atoms with van der Waals surface area (Å²) >= 11 is 0. The highest BCUT2D eigenvalue weighted by atomic mass is 16.7. The lowest BCUT2D eigenvalue weighted by Gasteiger charge is -2.34. The van der Waals surface area contributed by atoms with Gasteiger partial charge in [0.15, 0.2) is 6.04 Å². The van der Waals surface area contributed by atoms with Crippen molar-refractivity contribution in [3.63, 3.8) is 0 Å². The highest BCUT2D eigenvalue weighted by molar-refractivity contribution is 6.20. The van der Waals surface area contributed by atoms with Gasteiger partial charge in [-0.3, -0.25) is 14.5 Å². The van der Waals surface area contributed by atoms with E-state index in [2.05, 4.69) is 0 Å². The maximum atomic E-state index is 12.9. The van der Waals surface area contributed by atoms with Gasteiger partial charge < -0.3 is 14.3 Å². The van der Waals surface area contributed by atoms with Gasteiger partial charge in [0.1, 0.15) is 11.3 Å². The molecule has 0 bridgehead atoms. The minimum Gasteiger partial charge on any atom is -0.444 e. The Labute approximate surface area is 168 Å². The normalized spacial score (nSPS) is 23.2. The van der Waals surface area contributed by atoms with E-state index < -0.39 is 47.3 Å². The largest absolute Gasteiger partial charge is 0.444 e. The molecular weight excluding hydrogens is 380 g/mol. The van der Waals surface area contributed by atoms with Crippen LogP contribution >= 0.6 is 0 Å². The molecule has 2 atom stereocenters. The summed E-state index contributed by atoms with van der Waals surface area (Å²) in [5, 5.41) is 0.415. The Morgan fingerprint density at radius 1 is 1.07 bits per heavy atom. The molecule has 2 heterocycles. The number of hydroxylamine groups is 2. The molecule has 1 aromatic rings. The van der Waals surface area contributed by atoms with Gasteiger partial charge in [-0.2, -0.15) is 0 Å². The lowest BCUT2D eigenvalue weighted by molar-refractivity contribution is -0.175. The molecule has 1 fully saturated rings. The quantitative estimate of drug-likeness (QED) is 0.698. The average molecular weight is 404 g/mol. The molecule has 0 radical (unpaired) electrons. The zero-order valence-corrected chi connectivity index (χ0v) is 17.2. The summed E-state index contributed by atoms with van der Waals surface area (Å²) in [5.41, 5.74) is -1.67. The molecule has 3 rings (SSSR count). The first-order valence-corrected chi connectivity index (χ1v) is 9.23. The van der Waals surface area contributed by atoms with Crippen molar-refractivity contribution in [1.82, 2.24) is 9.96 Å².